The molecule has 0 amide bonds. The van der Waals surface area contributed by atoms with Crippen LogP contribution in [-0.2, 0) is 0 Å². The molecule has 0 heterocycles. The lowest BCUT2D eigenvalue weighted by molar-refractivity contribution is 0.0696. The number of carboxylic acid groups (broad SMARTS) is 1. The molecule has 0 saturated carbocycles. The smallest absolute Gasteiger partial charge is 0.335 e. The van der Waals surface area contributed by atoms with Gasteiger partial charge in [0, 0.05) is 10.9 Å². The lowest BCUT2D eigenvalue weighted by atomic mass is 10.2. The standard InChI is InChI=1S/C11H9BrO3/c1-2-3-4-15-10-6-8(11(13)14)5-9(12)7-10/h1,5-7H,3-4H2,(H,13,14). The summed E-state index contributed by atoms with van der Waals surface area (Å²) in [5.41, 5.74) is 0.181. The first-order valence-electron chi connectivity index (χ1n) is 4.23. The Bertz CT molecular complexity index is 407. The van der Waals surface area contributed by atoms with Crippen LogP contribution < -0.4 is 4.74 Å². The molecule has 0 bridgehead atoms. The highest BCUT2D eigenvalue weighted by molar-refractivity contribution is 9.10. The molecule has 0 aliphatic carbocycles. The molecular formula is C11H9BrO3. The van der Waals surface area contributed by atoms with Crippen molar-refractivity contribution < 1.29 is 14.6 Å². The van der Waals surface area contributed by atoms with Gasteiger partial charge in [0.15, 0.2) is 0 Å². The van der Waals surface area contributed by atoms with Crippen molar-refractivity contribution in [3.63, 3.8) is 0 Å². The molecule has 1 aromatic rings. The van der Waals surface area contributed by atoms with E-state index in [0.29, 0.717) is 23.2 Å². The van der Waals surface area contributed by atoms with Gasteiger partial charge in [-0.1, -0.05) is 15.9 Å². The molecule has 0 saturated heterocycles. The van der Waals surface area contributed by atoms with Gasteiger partial charge in [-0.25, -0.2) is 4.79 Å². The van der Waals surface area contributed by atoms with Gasteiger partial charge in [-0.05, 0) is 18.2 Å². The van der Waals surface area contributed by atoms with Crippen LogP contribution in [-0.4, -0.2) is 17.7 Å². The Hall–Kier alpha value is -1.47. The second-order valence-corrected chi connectivity index (χ2v) is 3.70. The molecule has 78 valence electrons. The number of ether oxygens (including phenoxy) is 1. The Kier molecular flexibility index (Phi) is 4.19. The summed E-state index contributed by atoms with van der Waals surface area (Å²) in [6.07, 6.45) is 5.56. The van der Waals surface area contributed by atoms with Crippen molar-refractivity contribution in [2.75, 3.05) is 6.61 Å². The highest BCUT2D eigenvalue weighted by Crippen LogP contribution is 2.21. The van der Waals surface area contributed by atoms with Crippen LogP contribution in [0, 0.1) is 12.3 Å². The number of rotatable bonds is 4. The van der Waals surface area contributed by atoms with Gasteiger partial charge < -0.3 is 9.84 Å². The van der Waals surface area contributed by atoms with E-state index in [1.54, 1.807) is 6.07 Å². The first-order chi connectivity index (χ1) is 7.13. The van der Waals surface area contributed by atoms with Gasteiger partial charge >= 0.3 is 5.97 Å². The van der Waals surface area contributed by atoms with E-state index in [9.17, 15) is 4.79 Å². The normalized spacial score (nSPS) is 9.33. The van der Waals surface area contributed by atoms with Crippen LogP contribution >= 0.6 is 15.9 Å². The quantitative estimate of drug-likeness (QED) is 0.675. The monoisotopic (exact) mass is 268 g/mol. The molecule has 0 atom stereocenters. The highest BCUT2D eigenvalue weighted by Gasteiger charge is 2.06. The molecule has 0 radical (unpaired) electrons. The molecule has 1 N–H and O–H groups in total. The van der Waals surface area contributed by atoms with Crippen molar-refractivity contribution in [3.05, 3.63) is 28.2 Å². The Morgan fingerprint density at radius 2 is 2.27 bits per heavy atom. The van der Waals surface area contributed by atoms with E-state index < -0.39 is 5.97 Å². The molecule has 15 heavy (non-hydrogen) atoms. The summed E-state index contributed by atoms with van der Waals surface area (Å²) in [5.74, 6) is 1.95. The van der Waals surface area contributed by atoms with Crippen molar-refractivity contribution in [1.29, 1.82) is 0 Å². The molecule has 1 rings (SSSR count). The Morgan fingerprint density at radius 1 is 1.53 bits per heavy atom. The van der Waals surface area contributed by atoms with Crippen LogP contribution in [0.15, 0.2) is 22.7 Å². The molecule has 0 aromatic heterocycles. The van der Waals surface area contributed by atoms with Gasteiger partial charge in [-0.2, -0.15) is 0 Å². The topological polar surface area (TPSA) is 46.5 Å². The van der Waals surface area contributed by atoms with Crippen LogP contribution in [0.3, 0.4) is 0 Å². The predicted molar refractivity (Wildman–Crippen MR) is 60.0 cm³/mol. The molecule has 0 aliphatic heterocycles. The average molecular weight is 269 g/mol. The predicted octanol–water partition coefficient (Wildman–Crippen LogP) is 2.55. The number of hydrogen-bond acceptors (Lipinski definition) is 2. The van der Waals surface area contributed by atoms with E-state index in [-0.39, 0.29) is 5.56 Å². The van der Waals surface area contributed by atoms with Crippen molar-refractivity contribution in [2.45, 2.75) is 6.42 Å². The van der Waals surface area contributed by atoms with E-state index in [1.165, 1.54) is 12.1 Å². The van der Waals surface area contributed by atoms with Crippen molar-refractivity contribution in [2.24, 2.45) is 0 Å². The number of carboxylic acids is 1. The zero-order chi connectivity index (χ0) is 11.3. The third-order valence-electron chi connectivity index (χ3n) is 1.63. The van der Waals surface area contributed by atoms with Gasteiger partial charge in [-0.15, -0.1) is 12.3 Å². The third kappa shape index (κ3) is 3.64. The average Bonchev–Trinajstić information content (AvgIpc) is 2.17. The maximum Gasteiger partial charge on any atom is 0.335 e. The summed E-state index contributed by atoms with van der Waals surface area (Å²) in [5, 5.41) is 8.80. The van der Waals surface area contributed by atoms with Crippen LogP contribution in [0.1, 0.15) is 16.8 Å². The van der Waals surface area contributed by atoms with E-state index >= 15 is 0 Å². The number of terminal acetylenes is 1. The van der Waals surface area contributed by atoms with Crippen molar-refractivity contribution in [3.8, 4) is 18.1 Å². The summed E-state index contributed by atoms with van der Waals surface area (Å²) < 4.78 is 5.95. The molecule has 0 fully saturated rings. The van der Waals surface area contributed by atoms with Crippen molar-refractivity contribution in [1.82, 2.24) is 0 Å². The number of hydrogen-bond donors (Lipinski definition) is 1. The maximum absolute atomic E-state index is 10.7. The first-order valence-corrected chi connectivity index (χ1v) is 5.03. The summed E-state index contributed by atoms with van der Waals surface area (Å²) in [6, 6.07) is 4.67. The molecule has 0 spiro atoms. The van der Waals surface area contributed by atoms with Gasteiger partial charge in [-0.3, -0.25) is 0 Å². The number of halogens is 1. The number of aromatic carboxylic acids is 1. The van der Waals surface area contributed by atoms with E-state index in [0.717, 1.165) is 0 Å². The number of carbonyl (C=O) groups is 1. The van der Waals surface area contributed by atoms with Crippen LogP contribution in [0.2, 0.25) is 0 Å². The lowest BCUT2D eigenvalue weighted by Crippen LogP contribution is -2.00. The minimum Gasteiger partial charge on any atom is -0.493 e. The minimum absolute atomic E-state index is 0.181. The fraction of sp³-hybridized carbons (Fsp3) is 0.182. The van der Waals surface area contributed by atoms with Crippen LogP contribution in [0.4, 0.5) is 0 Å². The lowest BCUT2D eigenvalue weighted by Gasteiger charge is -2.05. The maximum atomic E-state index is 10.7. The van der Waals surface area contributed by atoms with E-state index in [1.807, 2.05) is 0 Å². The Labute approximate surface area is 96.2 Å². The van der Waals surface area contributed by atoms with E-state index in [2.05, 4.69) is 21.9 Å². The third-order valence-corrected chi connectivity index (χ3v) is 2.09. The Morgan fingerprint density at radius 3 is 2.87 bits per heavy atom. The fourth-order valence-corrected chi connectivity index (χ4v) is 1.47. The zero-order valence-corrected chi connectivity index (χ0v) is 9.45. The summed E-state index contributed by atoms with van der Waals surface area (Å²) >= 11 is 3.21. The largest absolute Gasteiger partial charge is 0.493 e. The SMILES string of the molecule is C#CCCOc1cc(Br)cc(C(=O)O)c1. The second kappa shape index (κ2) is 5.42. The van der Waals surface area contributed by atoms with Gasteiger partial charge in [0.05, 0.1) is 12.2 Å². The van der Waals surface area contributed by atoms with Gasteiger partial charge in [0.25, 0.3) is 0 Å². The van der Waals surface area contributed by atoms with Crippen LogP contribution in [0.25, 0.3) is 0 Å². The minimum atomic E-state index is -0.988. The summed E-state index contributed by atoms with van der Waals surface area (Å²) in [7, 11) is 0. The van der Waals surface area contributed by atoms with Crippen LogP contribution in [0.5, 0.6) is 5.75 Å². The summed E-state index contributed by atoms with van der Waals surface area (Å²) in [4.78, 5) is 10.7. The van der Waals surface area contributed by atoms with Crippen molar-refractivity contribution >= 4 is 21.9 Å². The molecular weight excluding hydrogens is 260 g/mol. The number of benzene rings is 1. The Balaban J connectivity index is 2.80. The second-order valence-electron chi connectivity index (χ2n) is 2.78. The first kappa shape index (κ1) is 11.6. The van der Waals surface area contributed by atoms with E-state index in [4.69, 9.17) is 16.3 Å². The summed E-state index contributed by atoms with van der Waals surface area (Å²) in [6.45, 7) is 0.381. The molecule has 0 aliphatic rings. The molecule has 0 unspecified atom stereocenters. The fourth-order valence-electron chi connectivity index (χ4n) is 0.997. The molecule has 3 nitrogen and oxygen atoms in total. The van der Waals surface area contributed by atoms with Gasteiger partial charge in [0.2, 0.25) is 0 Å². The molecule has 1 aromatic carbocycles. The molecule has 4 heteroatoms. The zero-order valence-electron chi connectivity index (χ0n) is 7.87. The highest BCUT2D eigenvalue weighted by atomic mass is 79.9. The van der Waals surface area contributed by atoms with Gasteiger partial charge in [0.1, 0.15) is 5.75 Å².